The molecule has 4 aromatic carbocycles. The van der Waals surface area contributed by atoms with Gasteiger partial charge in [-0.15, -0.1) is 0 Å². The number of aromatic hydroxyl groups is 2. The van der Waals surface area contributed by atoms with Crippen molar-refractivity contribution >= 4 is 11.4 Å². The second-order valence-corrected chi connectivity index (χ2v) is 12.2. The van der Waals surface area contributed by atoms with Crippen molar-refractivity contribution < 1.29 is 37.9 Å². The number of nitrogens with zero attached hydrogens (tertiary/aromatic N) is 1. The molecule has 0 bridgehead atoms. The first-order chi connectivity index (χ1) is 25.3. The molecule has 0 saturated heterocycles. The van der Waals surface area contributed by atoms with E-state index in [9.17, 15) is 19.0 Å². The standard InChI is InChI=1S/C43H46F2N2O6/c1-11-27(6)46-38-23-32(50-9)21-34(40(38)48)36-19-30(44)17-25(4)42(36)52-15-14-16-53-43-26(5)18-31(45)20-37(43)35-22-33(51-10)24-39(41(35)49)47(28(7)12-2)29(8)13-3/h11-12,17-24,46,48-49H,1-2,6-8,13-16H2,3-5,9-10H3. The molecule has 10 heteroatoms. The molecule has 278 valence electrons. The highest BCUT2D eigenvalue weighted by atomic mass is 19.1. The fourth-order valence-electron chi connectivity index (χ4n) is 5.77. The van der Waals surface area contributed by atoms with Crippen LogP contribution in [0.4, 0.5) is 20.2 Å². The predicted octanol–water partition coefficient (Wildman–Crippen LogP) is 10.7. The zero-order valence-electron chi connectivity index (χ0n) is 30.9. The molecule has 0 aliphatic heterocycles. The summed E-state index contributed by atoms with van der Waals surface area (Å²) in [6, 6.07) is 11.7. The van der Waals surface area contributed by atoms with Crippen LogP contribution in [0.15, 0.2) is 111 Å². The highest BCUT2D eigenvalue weighted by Crippen LogP contribution is 2.48. The number of anilines is 2. The van der Waals surface area contributed by atoms with E-state index in [0.717, 1.165) is 0 Å². The van der Waals surface area contributed by atoms with E-state index in [2.05, 4.69) is 38.2 Å². The molecule has 0 heterocycles. The molecule has 0 atom stereocenters. The van der Waals surface area contributed by atoms with Crippen LogP contribution < -0.4 is 29.2 Å². The van der Waals surface area contributed by atoms with E-state index in [-0.39, 0.29) is 35.8 Å². The van der Waals surface area contributed by atoms with E-state index in [4.69, 9.17) is 18.9 Å². The number of halogens is 2. The van der Waals surface area contributed by atoms with E-state index >= 15 is 0 Å². The van der Waals surface area contributed by atoms with E-state index in [1.165, 1.54) is 44.6 Å². The fraction of sp³-hybridized carbons (Fsp3) is 0.209. The maximum absolute atomic E-state index is 15.0. The minimum Gasteiger partial charge on any atom is -0.505 e. The summed E-state index contributed by atoms with van der Waals surface area (Å²) in [7, 11) is 2.98. The third-order valence-corrected chi connectivity index (χ3v) is 8.49. The first kappa shape index (κ1) is 39.6. The molecular formula is C43H46F2N2O6. The Morgan fingerprint density at radius 3 is 1.72 bits per heavy atom. The van der Waals surface area contributed by atoms with Gasteiger partial charge in [-0.3, -0.25) is 0 Å². The molecule has 0 fully saturated rings. The predicted molar refractivity (Wildman–Crippen MR) is 209 cm³/mol. The Kier molecular flexibility index (Phi) is 13.0. The molecule has 0 radical (unpaired) electrons. The van der Waals surface area contributed by atoms with E-state index in [1.807, 2.05) is 6.92 Å². The van der Waals surface area contributed by atoms with Gasteiger partial charge in [0.25, 0.3) is 0 Å². The smallest absolute Gasteiger partial charge is 0.147 e. The molecule has 0 amide bonds. The van der Waals surface area contributed by atoms with Crippen molar-refractivity contribution in [3.8, 4) is 56.8 Å². The molecule has 0 unspecified atom stereocenters. The number of rotatable bonds is 18. The summed E-state index contributed by atoms with van der Waals surface area (Å²) >= 11 is 0. The number of benzene rings is 4. The normalized spacial score (nSPS) is 10.6. The zero-order valence-corrected chi connectivity index (χ0v) is 30.9. The lowest BCUT2D eigenvalue weighted by atomic mass is 9.98. The van der Waals surface area contributed by atoms with E-state index in [0.29, 0.717) is 86.6 Å². The number of hydrogen-bond donors (Lipinski definition) is 3. The third-order valence-electron chi connectivity index (χ3n) is 8.49. The van der Waals surface area contributed by atoms with Gasteiger partial charge in [0, 0.05) is 57.9 Å². The summed E-state index contributed by atoms with van der Waals surface area (Å²) in [6.07, 6.45) is 3.96. The van der Waals surface area contributed by atoms with Crippen molar-refractivity contribution in [3.63, 3.8) is 0 Å². The summed E-state index contributed by atoms with van der Waals surface area (Å²) < 4.78 is 53.3. The van der Waals surface area contributed by atoms with Gasteiger partial charge in [0.15, 0.2) is 0 Å². The Morgan fingerprint density at radius 2 is 1.25 bits per heavy atom. The molecule has 4 aromatic rings. The van der Waals surface area contributed by atoms with Crippen LogP contribution in [-0.2, 0) is 0 Å². The van der Waals surface area contributed by atoms with Crippen LogP contribution in [0.3, 0.4) is 0 Å². The first-order valence-corrected chi connectivity index (χ1v) is 16.8. The molecule has 0 spiro atoms. The molecule has 3 N–H and O–H groups in total. The number of aryl methyl sites for hydroxylation is 2. The summed E-state index contributed by atoms with van der Waals surface area (Å²) in [4.78, 5) is 1.67. The van der Waals surface area contributed by atoms with Crippen molar-refractivity contribution in [1.29, 1.82) is 0 Å². The number of hydrogen-bond acceptors (Lipinski definition) is 8. The van der Waals surface area contributed by atoms with Gasteiger partial charge in [-0.1, -0.05) is 39.8 Å². The summed E-state index contributed by atoms with van der Waals surface area (Å²) in [5.74, 6) is 0.169. The lowest BCUT2D eigenvalue weighted by Crippen LogP contribution is -2.19. The van der Waals surface area contributed by atoms with Gasteiger partial charge >= 0.3 is 0 Å². The Bertz CT molecular complexity index is 2070. The summed E-state index contributed by atoms with van der Waals surface area (Å²) in [6.45, 7) is 25.2. The quantitative estimate of drug-likeness (QED) is 0.0531. The number of methoxy groups -OCH3 is 2. The summed E-state index contributed by atoms with van der Waals surface area (Å²) in [5.41, 5.74) is 4.37. The molecule has 4 rings (SSSR count). The van der Waals surface area contributed by atoms with Gasteiger partial charge in [-0.2, -0.15) is 0 Å². The maximum Gasteiger partial charge on any atom is 0.147 e. The number of allylic oxidation sites excluding steroid dienone is 3. The number of phenolic OH excluding ortho intramolecular Hbond substituents is 2. The van der Waals surface area contributed by atoms with Crippen LogP contribution in [0.5, 0.6) is 34.5 Å². The molecule has 0 aliphatic carbocycles. The van der Waals surface area contributed by atoms with Gasteiger partial charge in [-0.05, 0) is 79.9 Å². The van der Waals surface area contributed by atoms with Gasteiger partial charge in [0.05, 0.1) is 38.8 Å². The Balaban J connectivity index is 1.65. The van der Waals surface area contributed by atoms with Crippen molar-refractivity contribution in [2.24, 2.45) is 0 Å². The monoisotopic (exact) mass is 724 g/mol. The summed E-state index contributed by atoms with van der Waals surface area (Å²) in [5, 5.41) is 25.9. The van der Waals surface area contributed by atoms with Gasteiger partial charge in [-0.25, -0.2) is 8.78 Å². The van der Waals surface area contributed by atoms with E-state index < -0.39 is 11.6 Å². The van der Waals surface area contributed by atoms with Crippen LogP contribution in [0, 0.1) is 25.5 Å². The average molecular weight is 725 g/mol. The molecule has 8 nitrogen and oxygen atoms in total. The lowest BCUT2D eigenvalue weighted by molar-refractivity contribution is 0.246. The van der Waals surface area contributed by atoms with Crippen molar-refractivity contribution in [2.75, 3.05) is 37.7 Å². The van der Waals surface area contributed by atoms with Crippen LogP contribution in [-0.4, -0.2) is 37.6 Å². The lowest BCUT2D eigenvalue weighted by Gasteiger charge is -2.29. The molecule has 0 aromatic heterocycles. The largest absolute Gasteiger partial charge is 0.505 e. The first-order valence-electron chi connectivity index (χ1n) is 16.8. The molecular weight excluding hydrogens is 678 g/mol. The zero-order chi connectivity index (χ0) is 39.0. The number of phenols is 2. The Morgan fingerprint density at radius 1 is 0.736 bits per heavy atom. The second kappa shape index (κ2) is 17.4. The fourth-order valence-corrected chi connectivity index (χ4v) is 5.77. The van der Waals surface area contributed by atoms with Crippen LogP contribution >= 0.6 is 0 Å². The van der Waals surface area contributed by atoms with Crippen LogP contribution in [0.25, 0.3) is 22.3 Å². The van der Waals surface area contributed by atoms with Gasteiger partial charge in [0.2, 0.25) is 0 Å². The van der Waals surface area contributed by atoms with Crippen molar-refractivity contribution in [2.45, 2.75) is 33.6 Å². The highest BCUT2D eigenvalue weighted by Gasteiger charge is 2.24. The topological polar surface area (TPSA) is 92.7 Å². The molecule has 0 aliphatic rings. The average Bonchev–Trinajstić information content (AvgIpc) is 3.13. The molecule has 53 heavy (non-hydrogen) atoms. The van der Waals surface area contributed by atoms with E-state index in [1.54, 1.807) is 49.1 Å². The maximum atomic E-state index is 15.0. The van der Waals surface area contributed by atoms with Crippen molar-refractivity contribution in [3.05, 3.63) is 133 Å². The second-order valence-electron chi connectivity index (χ2n) is 12.2. The minimum absolute atomic E-state index is 0.140. The highest BCUT2D eigenvalue weighted by molar-refractivity contribution is 5.86. The van der Waals surface area contributed by atoms with Crippen molar-refractivity contribution in [1.82, 2.24) is 0 Å². The SMILES string of the molecule is C=CC(=C)Nc1cc(OC)cc(-c2cc(F)cc(C)c2OCCCOc2c(C)cc(F)cc2-c2cc(OC)cc(N(C(=C)C=C)C(=C)CC)c2O)c1O. The van der Waals surface area contributed by atoms with Crippen LogP contribution in [0.2, 0.25) is 0 Å². The molecule has 0 saturated carbocycles. The van der Waals surface area contributed by atoms with Crippen LogP contribution in [0.1, 0.15) is 30.9 Å². The number of nitrogens with one attached hydrogen (secondary N) is 1. The third kappa shape index (κ3) is 8.84. The minimum atomic E-state index is -0.519. The number of ether oxygens (including phenoxy) is 4. The van der Waals surface area contributed by atoms with Gasteiger partial charge < -0.3 is 39.4 Å². The van der Waals surface area contributed by atoms with Gasteiger partial charge in [0.1, 0.15) is 46.1 Å². The Labute approximate surface area is 310 Å². The Hall–Kier alpha value is -6.16.